The quantitative estimate of drug-likeness (QED) is 0.606. The lowest BCUT2D eigenvalue weighted by Crippen LogP contribution is -2.25. The van der Waals surface area contributed by atoms with Crippen molar-refractivity contribution in [3.05, 3.63) is 63.6 Å². The molecule has 0 aliphatic carbocycles. The molecule has 0 fully saturated rings. The van der Waals surface area contributed by atoms with E-state index in [1.807, 2.05) is 50.2 Å². The van der Waals surface area contributed by atoms with Gasteiger partial charge >= 0.3 is 5.97 Å². The summed E-state index contributed by atoms with van der Waals surface area (Å²) >= 11 is 3.43. The highest BCUT2D eigenvalue weighted by atomic mass is 79.9. The third-order valence-electron chi connectivity index (χ3n) is 4.25. The van der Waals surface area contributed by atoms with Crippen molar-refractivity contribution in [2.24, 2.45) is 0 Å². The summed E-state index contributed by atoms with van der Waals surface area (Å²) in [7, 11) is 0. The number of hydrogen-bond acceptors (Lipinski definition) is 4. The lowest BCUT2D eigenvalue weighted by atomic mass is 10.1. The maximum Gasteiger partial charge on any atom is 0.306 e. The summed E-state index contributed by atoms with van der Waals surface area (Å²) in [5.74, 6) is -1.26. The molecule has 0 unspecified atom stereocenters. The Kier molecular flexibility index (Phi) is 8.19. The molecular weight excluding hydrogens is 424 g/mol. The molecule has 2 rings (SSSR count). The Morgan fingerprint density at radius 3 is 2.36 bits per heavy atom. The normalized spacial score (nSPS) is 10.2. The van der Waals surface area contributed by atoms with Crippen LogP contribution in [-0.2, 0) is 25.7 Å². The van der Waals surface area contributed by atoms with Crippen molar-refractivity contribution in [3.63, 3.8) is 0 Å². The lowest BCUT2D eigenvalue weighted by molar-refractivity contribution is -0.148. The van der Waals surface area contributed by atoms with Gasteiger partial charge in [-0.1, -0.05) is 46.3 Å². The van der Waals surface area contributed by atoms with Crippen LogP contribution < -0.4 is 10.6 Å². The lowest BCUT2D eigenvalue weighted by Gasteiger charge is -2.12. The number of carbonyl (C=O) groups is 3. The van der Waals surface area contributed by atoms with Gasteiger partial charge < -0.3 is 15.4 Å². The zero-order valence-corrected chi connectivity index (χ0v) is 17.5. The second-order valence-corrected chi connectivity index (χ2v) is 7.17. The average Bonchev–Trinajstić information content (AvgIpc) is 2.70. The summed E-state index contributed by atoms with van der Waals surface area (Å²) in [6, 6.07) is 13.1. The summed E-state index contributed by atoms with van der Waals surface area (Å²) in [5, 5.41) is 5.46. The Bertz CT molecular complexity index is 853. The van der Waals surface area contributed by atoms with Gasteiger partial charge in [-0.3, -0.25) is 14.4 Å². The number of esters is 1. The molecule has 2 N–H and O–H groups in total. The monoisotopic (exact) mass is 446 g/mol. The SMILES string of the molecule is Cc1c(Br)ccc(NC(=O)COC(=O)CCC(=O)NCc2ccccc2)c1C. The predicted molar refractivity (Wildman–Crippen MR) is 111 cm³/mol. The van der Waals surface area contributed by atoms with E-state index in [2.05, 4.69) is 26.6 Å². The van der Waals surface area contributed by atoms with Crippen molar-refractivity contribution in [2.45, 2.75) is 33.2 Å². The Balaban J connectivity index is 1.68. The van der Waals surface area contributed by atoms with E-state index in [1.165, 1.54) is 0 Å². The summed E-state index contributed by atoms with van der Waals surface area (Å²) in [5.41, 5.74) is 3.61. The van der Waals surface area contributed by atoms with Crippen molar-refractivity contribution >= 4 is 39.4 Å². The first kappa shape index (κ1) is 21.6. The fraction of sp³-hybridized carbons (Fsp3) is 0.286. The van der Waals surface area contributed by atoms with E-state index in [0.29, 0.717) is 12.2 Å². The van der Waals surface area contributed by atoms with E-state index in [0.717, 1.165) is 21.2 Å². The number of halogens is 1. The van der Waals surface area contributed by atoms with Crippen LogP contribution in [0.2, 0.25) is 0 Å². The molecule has 0 heterocycles. The molecule has 148 valence electrons. The van der Waals surface area contributed by atoms with Crippen LogP contribution >= 0.6 is 15.9 Å². The number of anilines is 1. The molecule has 28 heavy (non-hydrogen) atoms. The molecule has 0 atom stereocenters. The molecule has 0 aliphatic rings. The first-order valence-corrected chi connectivity index (χ1v) is 9.68. The highest BCUT2D eigenvalue weighted by molar-refractivity contribution is 9.10. The summed E-state index contributed by atoms with van der Waals surface area (Å²) < 4.78 is 5.90. The van der Waals surface area contributed by atoms with Crippen LogP contribution in [0.25, 0.3) is 0 Å². The first-order valence-electron chi connectivity index (χ1n) is 8.88. The molecule has 2 amide bonds. The Hall–Kier alpha value is -2.67. The molecule has 0 saturated carbocycles. The fourth-order valence-electron chi connectivity index (χ4n) is 2.43. The number of rotatable bonds is 8. The third-order valence-corrected chi connectivity index (χ3v) is 5.11. The minimum atomic E-state index is -0.589. The number of carbonyl (C=O) groups excluding carboxylic acids is 3. The van der Waals surface area contributed by atoms with E-state index in [1.54, 1.807) is 6.07 Å². The second kappa shape index (κ2) is 10.6. The van der Waals surface area contributed by atoms with Gasteiger partial charge in [-0.15, -0.1) is 0 Å². The van der Waals surface area contributed by atoms with Crippen molar-refractivity contribution in [3.8, 4) is 0 Å². The van der Waals surface area contributed by atoms with Gasteiger partial charge in [0.15, 0.2) is 6.61 Å². The van der Waals surface area contributed by atoms with Gasteiger partial charge in [0.1, 0.15) is 0 Å². The maximum atomic E-state index is 12.0. The van der Waals surface area contributed by atoms with E-state index in [9.17, 15) is 14.4 Å². The molecule has 0 saturated heterocycles. The van der Waals surface area contributed by atoms with Gasteiger partial charge in [0, 0.05) is 23.1 Å². The molecular formula is C21H23BrN2O4. The van der Waals surface area contributed by atoms with Crippen molar-refractivity contribution in [1.29, 1.82) is 0 Å². The second-order valence-electron chi connectivity index (χ2n) is 6.32. The van der Waals surface area contributed by atoms with Gasteiger partial charge in [0.2, 0.25) is 5.91 Å². The maximum absolute atomic E-state index is 12.0. The van der Waals surface area contributed by atoms with Crippen LogP contribution in [0.5, 0.6) is 0 Å². The summed E-state index contributed by atoms with van der Waals surface area (Å²) in [4.78, 5) is 35.5. The number of amides is 2. The smallest absolute Gasteiger partial charge is 0.306 e. The standard InChI is InChI=1S/C21H23BrN2O4/c1-14-15(2)18(9-8-17(14)22)24-20(26)13-28-21(27)11-10-19(25)23-12-16-6-4-3-5-7-16/h3-9H,10-13H2,1-2H3,(H,23,25)(H,24,26). The van der Waals surface area contributed by atoms with Gasteiger partial charge in [0.05, 0.1) is 6.42 Å². The molecule has 0 radical (unpaired) electrons. The highest BCUT2D eigenvalue weighted by Gasteiger charge is 2.12. The number of nitrogens with one attached hydrogen (secondary N) is 2. The van der Waals surface area contributed by atoms with E-state index in [4.69, 9.17) is 4.74 Å². The first-order chi connectivity index (χ1) is 13.4. The van der Waals surface area contributed by atoms with Crippen molar-refractivity contribution in [2.75, 3.05) is 11.9 Å². The molecule has 6 nitrogen and oxygen atoms in total. The molecule has 0 aliphatic heterocycles. The Labute approximate surface area is 172 Å². The van der Waals surface area contributed by atoms with Gasteiger partial charge in [-0.25, -0.2) is 0 Å². The van der Waals surface area contributed by atoms with E-state index >= 15 is 0 Å². The molecule has 0 bridgehead atoms. The summed E-state index contributed by atoms with van der Waals surface area (Å²) in [6.45, 7) is 3.86. The van der Waals surface area contributed by atoms with Crippen LogP contribution in [0, 0.1) is 13.8 Å². The zero-order chi connectivity index (χ0) is 20.5. The Morgan fingerprint density at radius 2 is 1.64 bits per heavy atom. The minimum absolute atomic E-state index is 0.0122. The molecule has 2 aromatic carbocycles. The number of hydrogen-bond donors (Lipinski definition) is 2. The average molecular weight is 447 g/mol. The van der Waals surface area contributed by atoms with Gasteiger partial charge in [0.25, 0.3) is 5.91 Å². The topological polar surface area (TPSA) is 84.5 Å². The summed E-state index contributed by atoms with van der Waals surface area (Å²) in [6.07, 6.45) is -0.0668. The fourth-order valence-corrected chi connectivity index (χ4v) is 2.86. The Morgan fingerprint density at radius 1 is 0.929 bits per heavy atom. The third kappa shape index (κ3) is 6.81. The highest BCUT2D eigenvalue weighted by Crippen LogP contribution is 2.25. The van der Waals surface area contributed by atoms with Gasteiger partial charge in [-0.2, -0.15) is 0 Å². The minimum Gasteiger partial charge on any atom is -0.456 e. The molecule has 0 spiro atoms. The van der Waals surface area contributed by atoms with Crippen LogP contribution in [0.15, 0.2) is 46.9 Å². The molecule has 2 aromatic rings. The number of benzene rings is 2. The van der Waals surface area contributed by atoms with Crippen LogP contribution in [0.1, 0.15) is 29.5 Å². The van der Waals surface area contributed by atoms with E-state index < -0.39 is 11.9 Å². The predicted octanol–water partition coefficient (Wildman–Crippen LogP) is 3.64. The van der Waals surface area contributed by atoms with Crippen LogP contribution in [-0.4, -0.2) is 24.4 Å². The molecule has 0 aromatic heterocycles. The van der Waals surface area contributed by atoms with Crippen molar-refractivity contribution < 1.29 is 19.1 Å². The largest absolute Gasteiger partial charge is 0.456 e. The van der Waals surface area contributed by atoms with Crippen LogP contribution in [0.3, 0.4) is 0 Å². The van der Waals surface area contributed by atoms with Crippen LogP contribution in [0.4, 0.5) is 5.69 Å². The number of ether oxygens (including phenoxy) is 1. The van der Waals surface area contributed by atoms with E-state index in [-0.39, 0.29) is 25.4 Å². The van der Waals surface area contributed by atoms with Crippen molar-refractivity contribution in [1.82, 2.24) is 5.32 Å². The van der Waals surface area contributed by atoms with Gasteiger partial charge in [-0.05, 0) is 42.7 Å². The zero-order valence-electron chi connectivity index (χ0n) is 15.9. The molecule has 7 heteroatoms.